The molecule has 2 N–H and O–H groups in total. The van der Waals surface area contributed by atoms with E-state index in [0.29, 0.717) is 11.7 Å². The lowest BCUT2D eigenvalue weighted by Gasteiger charge is -2.12. The number of benzene rings is 1. The highest BCUT2D eigenvalue weighted by atomic mass is 32.1. The van der Waals surface area contributed by atoms with Gasteiger partial charge in [-0.15, -0.1) is 0 Å². The zero-order valence-electron chi connectivity index (χ0n) is 23.1. The fraction of sp³-hybridized carbons (Fsp3) is 0.367. The Balaban J connectivity index is 0.000000521. The Hall–Kier alpha value is -3.29. The minimum atomic E-state index is -0.259. The standard InChI is InChI=1S/C23H24N4OS.C7H17N/c1-5-15(4)12-16(6-2)17-13-18(19-10-8-9-11-25-19)21-20(14-17)26-23(29-21)27-22(28)24-7-3;1-4-6-8(3)7-5-2/h5-6,8-14H,1,7H2,2-4H3,(H2,24,26,27,28);4-7H2,1-3H3/b15-12-,16-6+;. The van der Waals surface area contributed by atoms with E-state index in [9.17, 15) is 4.79 Å². The molecule has 0 unspecified atom stereocenters. The quantitative estimate of drug-likeness (QED) is 0.268. The van der Waals surface area contributed by atoms with E-state index in [-0.39, 0.29) is 6.03 Å². The number of thiazole rings is 1. The van der Waals surface area contributed by atoms with Gasteiger partial charge in [-0.1, -0.05) is 61.6 Å². The Morgan fingerprint density at radius 1 is 1.16 bits per heavy atom. The number of urea groups is 1. The van der Waals surface area contributed by atoms with Gasteiger partial charge in [0.25, 0.3) is 0 Å². The van der Waals surface area contributed by atoms with Gasteiger partial charge in [0.15, 0.2) is 5.13 Å². The summed E-state index contributed by atoms with van der Waals surface area (Å²) in [5, 5.41) is 6.10. The van der Waals surface area contributed by atoms with Crippen LogP contribution in [0.4, 0.5) is 9.93 Å². The van der Waals surface area contributed by atoms with Crippen molar-refractivity contribution in [3.8, 4) is 11.3 Å². The van der Waals surface area contributed by atoms with Crippen molar-refractivity contribution in [2.24, 2.45) is 0 Å². The number of nitrogens with zero attached hydrogens (tertiary/aromatic N) is 3. The molecule has 0 saturated carbocycles. The number of amides is 2. The Morgan fingerprint density at radius 2 is 1.89 bits per heavy atom. The topological polar surface area (TPSA) is 70.1 Å². The molecular formula is C30H41N5OS. The number of allylic oxidation sites excluding steroid dienone is 5. The maximum atomic E-state index is 11.9. The minimum Gasteiger partial charge on any atom is -0.338 e. The predicted molar refractivity (Wildman–Crippen MR) is 161 cm³/mol. The van der Waals surface area contributed by atoms with Crippen LogP contribution in [0.2, 0.25) is 0 Å². The van der Waals surface area contributed by atoms with Gasteiger partial charge < -0.3 is 10.2 Å². The fourth-order valence-corrected chi connectivity index (χ4v) is 4.74. The van der Waals surface area contributed by atoms with Gasteiger partial charge >= 0.3 is 6.03 Å². The Labute approximate surface area is 226 Å². The van der Waals surface area contributed by atoms with E-state index in [1.807, 2.05) is 51.1 Å². The summed E-state index contributed by atoms with van der Waals surface area (Å²) >= 11 is 1.45. The molecule has 37 heavy (non-hydrogen) atoms. The molecule has 0 radical (unpaired) electrons. The van der Waals surface area contributed by atoms with E-state index in [1.165, 1.54) is 37.3 Å². The number of pyridine rings is 1. The molecule has 0 atom stereocenters. The van der Waals surface area contributed by atoms with E-state index >= 15 is 0 Å². The summed E-state index contributed by atoms with van der Waals surface area (Å²) in [7, 11) is 2.17. The van der Waals surface area contributed by atoms with Gasteiger partial charge in [-0.2, -0.15) is 0 Å². The summed E-state index contributed by atoms with van der Waals surface area (Å²) in [5.41, 5.74) is 5.87. The van der Waals surface area contributed by atoms with Crippen LogP contribution in [0.1, 0.15) is 53.0 Å². The van der Waals surface area contributed by atoms with E-state index in [4.69, 9.17) is 0 Å². The van der Waals surface area contributed by atoms with E-state index in [0.717, 1.165) is 38.2 Å². The van der Waals surface area contributed by atoms with Crippen LogP contribution in [0.5, 0.6) is 0 Å². The molecule has 198 valence electrons. The van der Waals surface area contributed by atoms with Crippen molar-refractivity contribution in [3.05, 3.63) is 72.5 Å². The molecule has 0 spiro atoms. The molecule has 0 aliphatic rings. The second kappa shape index (κ2) is 15.7. The number of rotatable bonds is 10. The second-order valence-electron chi connectivity index (χ2n) is 8.73. The van der Waals surface area contributed by atoms with Crippen LogP contribution in [-0.4, -0.2) is 47.6 Å². The molecule has 1 aromatic carbocycles. The summed E-state index contributed by atoms with van der Waals surface area (Å²) in [6.45, 7) is 17.2. The third-order valence-electron chi connectivity index (χ3n) is 5.55. The molecular weight excluding hydrogens is 478 g/mol. The highest BCUT2D eigenvalue weighted by Gasteiger charge is 2.15. The number of hydrogen-bond acceptors (Lipinski definition) is 5. The molecule has 0 aliphatic heterocycles. The highest BCUT2D eigenvalue weighted by Crippen LogP contribution is 2.37. The first-order valence-corrected chi connectivity index (χ1v) is 13.7. The molecule has 3 aromatic rings. The van der Waals surface area contributed by atoms with Gasteiger partial charge in [-0.3, -0.25) is 10.3 Å². The monoisotopic (exact) mass is 519 g/mol. The zero-order valence-corrected chi connectivity index (χ0v) is 23.9. The van der Waals surface area contributed by atoms with E-state index in [2.05, 4.69) is 71.2 Å². The summed E-state index contributed by atoms with van der Waals surface area (Å²) in [5.74, 6) is 0. The Bertz CT molecular complexity index is 1210. The number of nitrogens with one attached hydrogen (secondary N) is 2. The van der Waals surface area contributed by atoms with Crippen molar-refractivity contribution < 1.29 is 4.79 Å². The van der Waals surface area contributed by atoms with Crippen molar-refractivity contribution in [3.63, 3.8) is 0 Å². The molecule has 2 amide bonds. The maximum absolute atomic E-state index is 11.9. The molecule has 6 nitrogen and oxygen atoms in total. The van der Waals surface area contributed by atoms with Crippen molar-refractivity contribution in [1.82, 2.24) is 20.2 Å². The SMILES string of the molecule is C=C/C(C)=C\C(=C/C)c1cc(-c2ccccn2)c2sc(NC(=O)NCC)nc2c1.CCCN(C)CCC. The van der Waals surface area contributed by atoms with Crippen LogP contribution in [0.15, 0.2) is 66.9 Å². The first kappa shape index (κ1) is 29.9. The molecule has 2 aromatic heterocycles. The second-order valence-corrected chi connectivity index (χ2v) is 9.73. The number of anilines is 1. The van der Waals surface area contributed by atoms with E-state index in [1.54, 1.807) is 6.20 Å². The summed E-state index contributed by atoms with van der Waals surface area (Å²) in [6.07, 6.45) is 10.3. The van der Waals surface area contributed by atoms with Crippen molar-refractivity contribution >= 4 is 38.3 Å². The number of carbonyl (C=O) groups excluding carboxylic acids is 1. The lowest BCUT2D eigenvalue weighted by molar-refractivity contribution is 0.252. The highest BCUT2D eigenvalue weighted by molar-refractivity contribution is 7.22. The lowest BCUT2D eigenvalue weighted by atomic mass is 9.99. The van der Waals surface area contributed by atoms with Gasteiger partial charge in [-0.25, -0.2) is 9.78 Å². The fourth-order valence-electron chi connectivity index (χ4n) is 3.78. The summed E-state index contributed by atoms with van der Waals surface area (Å²) in [4.78, 5) is 23.5. The van der Waals surface area contributed by atoms with Crippen molar-refractivity contribution in [2.45, 2.75) is 47.5 Å². The number of fused-ring (bicyclic) bond motifs is 1. The third-order valence-corrected chi connectivity index (χ3v) is 6.57. The largest absolute Gasteiger partial charge is 0.338 e. The van der Waals surface area contributed by atoms with Crippen LogP contribution in [-0.2, 0) is 0 Å². The zero-order chi connectivity index (χ0) is 27.2. The van der Waals surface area contributed by atoms with Crippen LogP contribution in [0.3, 0.4) is 0 Å². The van der Waals surface area contributed by atoms with Gasteiger partial charge in [0, 0.05) is 18.3 Å². The van der Waals surface area contributed by atoms with Crippen LogP contribution in [0, 0.1) is 0 Å². The lowest BCUT2D eigenvalue weighted by Crippen LogP contribution is -2.28. The van der Waals surface area contributed by atoms with Crippen LogP contribution in [0.25, 0.3) is 27.0 Å². The first-order valence-electron chi connectivity index (χ1n) is 12.9. The number of hydrogen-bond donors (Lipinski definition) is 2. The minimum absolute atomic E-state index is 0.259. The Kier molecular flexibility index (Phi) is 12.7. The average Bonchev–Trinajstić information content (AvgIpc) is 3.30. The normalized spacial score (nSPS) is 11.8. The molecule has 0 saturated heterocycles. The smallest absolute Gasteiger partial charge is 0.321 e. The summed E-state index contributed by atoms with van der Waals surface area (Å²) in [6, 6.07) is 9.76. The molecule has 2 heterocycles. The van der Waals surface area contributed by atoms with Crippen LogP contribution < -0.4 is 10.6 Å². The van der Waals surface area contributed by atoms with Crippen molar-refractivity contribution in [1.29, 1.82) is 0 Å². The van der Waals surface area contributed by atoms with Gasteiger partial charge in [0.2, 0.25) is 0 Å². The van der Waals surface area contributed by atoms with Gasteiger partial charge in [-0.05, 0) is 89.2 Å². The van der Waals surface area contributed by atoms with Gasteiger partial charge in [0.05, 0.1) is 15.9 Å². The van der Waals surface area contributed by atoms with Gasteiger partial charge in [0.1, 0.15) is 0 Å². The molecule has 0 aliphatic carbocycles. The first-order chi connectivity index (χ1) is 17.9. The maximum Gasteiger partial charge on any atom is 0.321 e. The molecule has 0 fully saturated rings. The molecule has 3 rings (SSSR count). The summed E-state index contributed by atoms with van der Waals surface area (Å²) < 4.78 is 0.985. The average molecular weight is 520 g/mol. The van der Waals surface area contributed by atoms with E-state index < -0.39 is 0 Å². The molecule has 0 bridgehead atoms. The number of carbonyl (C=O) groups is 1. The third kappa shape index (κ3) is 9.26. The molecule has 7 heteroatoms. The number of aromatic nitrogens is 2. The van der Waals surface area contributed by atoms with Crippen molar-refractivity contribution in [2.75, 3.05) is 32.0 Å². The Morgan fingerprint density at radius 3 is 2.46 bits per heavy atom. The predicted octanol–water partition coefficient (Wildman–Crippen LogP) is 7.77. The van der Waals surface area contributed by atoms with Crippen LogP contribution >= 0.6 is 11.3 Å².